The maximum atomic E-state index is 12.4. The highest BCUT2D eigenvalue weighted by atomic mass is 16.6. The summed E-state index contributed by atoms with van der Waals surface area (Å²) < 4.78 is 5.50. The Kier molecular flexibility index (Phi) is 4.59. The van der Waals surface area contributed by atoms with Crippen molar-refractivity contribution in [3.63, 3.8) is 0 Å². The Morgan fingerprint density at radius 3 is 2.41 bits per heavy atom. The van der Waals surface area contributed by atoms with E-state index in [4.69, 9.17) is 9.84 Å². The van der Waals surface area contributed by atoms with E-state index in [1.54, 1.807) is 18.2 Å². The van der Waals surface area contributed by atoms with Crippen molar-refractivity contribution >= 4 is 11.9 Å². The number of esters is 1. The van der Waals surface area contributed by atoms with Gasteiger partial charge in [0.15, 0.2) is 0 Å². The monoisotopic (exact) mass is 304 g/mol. The van der Waals surface area contributed by atoms with Crippen LogP contribution in [0.3, 0.4) is 0 Å². The van der Waals surface area contributed by atoms with E-state index < -0.39 is 11.6 Å². The maximum absolute atomic E-state index is 12.4. The first-order chi connectivity index (χ1) is 10.2. The minimum absolute atomic E-state index is 0.0224. The number of carbonyl (C=O) groups excluding carboxylic acids is 1. The zero-order chi connectivity index (χ0) is 16.5. The van der Waals surface area contributed by atoms with Gasteiger partial charge in [-0.25, -0.2) is 4.79 Å². The van der Waals surface area contributed by atoms with Gasteiger partial charge in [-0.05, 0) is 63.1 Å². The highest BCUT2D eigenvalue weighted by molar-refractivity contribution is 5.87. The molecule has 120 valence electrons. The second-order valence-electron chi connectivity index (χ2n) is 7.12. The van der Waals surface area contributed by atoms with Crippen LogP contribution in [-0.4, -0.2) is 22.6 Å². The van der Waals surface area contributed by atoms with E-state index in [2.05, 4.69) is 0 Å². The number of aromatic carboxylic acids is 1. The first-order valence-electron chi connectivity index (χ1n) is 7.75. The van der Waals surface area contributed by atoms with Crippen molar-refractivity contribution in [2.75, 3.05) is 0 Å². The van der Waals surface area contributed by atoms with Crippen LogP contribution in [0.2, 0.25) is 0 Å². The Morgan fingerprint density at radius 2 is 1.91 bits per heavy atom. The maximum Gasteiger partial charge on any atom is 0.335 e. The average molecular weight is 304 g/mol. The Bertz CT molecular complexity index is 567. The minimum atomic E-state index is -0.943. The molecule has 0 amide bonds. The first kappa shape index (κ1) is 16.5. The molecule has 4 heteroatoms. The SMILES string of the molecule is C[C@H](C(=O)OC(C)(C)C)[C@H](c1cccc(C(=O)O)c1)C1CC1. The Balaban J connectivity index is 2.25. The fourth-order valence-corrected chi connectivity index (χ4v) is 2.84. The predicted octanol–water partition coefficient (Wildman–Crippen LogP) is 3.86. The molecule has 0 aromatic heterocycles. The zero-order valence-corrected chi connectivity index (χ0v) is 13.6. The third-order valence-corrected chi connectivity index (χ3v) is 3.97. The average Bonchev–Trinajstić information content (AvgIpc) is 3.22. The standard InChI is InChI=1S/C18H24O4/c1-11(17(21)22-18(2,3)4)15(12-8-9-12)13-6-5-7-14(10-13)16(19)20/h5-7,10-12,15H,8-9H2,1-4H3,(H,19,20)/t11-,15-/m0/s1. The van der Waals surface area contributed by atoms with E-state index in [1.165, 1.54) is 0 Å². The number of ether oxygens (including phenoxy) is 1. The molecule has 1 aromatic carbocycles. The second kappa shape index (κ2) is 6.11. The summed E-state index contributed by atoms with van der Waals surface area (Å²) in [6.07, 6.45) is 2.16. The fourth-order valence-electron chi connectivity index (χ4n) is 2.84. The number of benzene rings is 1. The Morgan fingerprint density at radius 1 is 1.27 bits per heavy atom. The van der Waals surface area contributed by atoms with Crippen LogP contribution in [0, 0.1) is 11.8 Å². The van der Waals surface area contributed by atoms with Crippen molar-refractivity contribution < 1.29 is 19.4 Å². The van der Waals surface area contributed by atoms with Crippen LogP contribution in [0.15, 0.2) is 24.3 Å². The Labute approximate surface area is 131 Å². The Hall–Kier alpha value is -1.84. The molecule has 2 rings (SSSR count). The van der Waals surface area contributed by atoms with Gasteiger partial charge in [0.2, 0.25) is 0 Å². The van der Waals surface area contributed by atoms with E-state index in [0.29, 0.717) is 5.92 Å². The quantitative estimate of drug-likeness (QED) is 0.839. The lowest BCUT2D eigenvalue weighted by molar-refractivity contribution is -0.160. The van der Waals surface area contributed by atoms with Crippen LogP contribution in [0.25, 0.3) is 0 Å². The molecule has 1 aliphatic rings. The topological polar surface area (TPSA) is 63.6 Å². The third kappa shape index (κ3) is 4.09. The van der Waals surface area contributed by atoms with Crippen LogP contribution in [0.1, 0.15) is 62.4 Å². The van der Waals surface area contributed by atoms with Crippen molar-refractivity contribution in [2.45, 2.75) is 52.1 Å². The highest BCUT2D eigenvalue weighted by Gasteiger charge is 2.40. The molecule has 0 aliphatic heterocycles. The first-order valence-corrected chi connectivity index (χ1v) is 7.75. The molecule has 22 heavy (non-hydrogen) atoms. The molecule has 0 spiro atoms. The number of carbonyl (C=O) groups is 2. The van der Waals surface area contributed by atoms with Crippen molar-refractivity contribution in [2.24, 2.45) is 11.8 Å². The van der Waals surface area contributed by atoms with Crippen molar-refractivity contribution in [3.05, 3.63) is 35.4 Å². The molecule has 1 aromatic rings. The molecule has 1 N–H and O–H groups in total. The number of rotatable bonds is 5. The lowest BCUT2D eigenvalue weighted by Gasteiger charge is -2.27. The molecule has 1 saturated carbocycles. The number of hydrogen-bond donors (Lipinski definition) is 1. The minimum Gasteiger partial charge on any atom is -0.478 e. The van der Waals surface area contributed by atoms with Gasteiger partial charge in [0.05, 0.1) is 11.5 Å². The van der Waals surface area contributed by atoms with E-state index >= 15 is 0 Å². The van der Waals surface area contributed by atoms with E-state index in [0.717, 1.165) is 18.4 Å². The van der Waals surface area contributed by atoms with E-state index in [1.807, 2.05) is 33.8 Å². The summed E-state index contributed by atoms with van der Waals surface area (Å²) in [7, 11) is 0. The van der Waals surface area contributed by atoms with Gasteiger partial charge in [0.25, 0.3) is 0 Å². The van der Waals surface area contributed by atoms with Gasteiger partial charge in [-0.15, -0.1) is 0 Å². The number of carboxylic acid groups (broad SMARTS) is 1. The van der Waals surface area contributed by atoms with Gasteiger partial charge < -0.3 is 9.84 Å². The molecular formula is C18H24O4. The molecule has 0 saturated heterocycles. The van der Waals surface area contributed by atoms with Crippen molar-refractivity contribution in [3.8, 4) is 0 Å². The molecular weight excluding hydrogens is 280 g/mol. The molecule has 0 unspecified atom stereocenters. The van der Waals surface area contributed by atoms with Gasteiger partial charge in [-0.2, -0.15) is 0 Å². The van der Waals surface area contributed by atoms with Gasteiger partial charge in [-0.3, -0.25) is 4.79 Å². The van der Waals surface area contributed by atoms with Gasteiger partial charge in [-0.1, -0.05) is 19.1 Å². The third-order valence-electron chi connectivity index (χ3n) is 3.97. The molecule has 1 fully saturated rings. The van der Waals surface area contributed by atoms with Crippen LogP contribution >= 0.6 is 0 Å². The summed E-state index contributed by atoms with van der Waals surface area (Å²) in [6.45, 7) is 7.45. The van der Waals surface area contributed by atoms with Crippen LogP contribution in [0.5, 0.6) is 0 Å². The van der Waals surface area contributed by atoms with Crippen LogP contribution in [0.4, 0.5) is 0 Å². The largest absolute Gasteiger partial charge is 0.478 e. The van der Waals surface area contributed by atoms with E-state index in [-0.39, 0.29) is 23.4 Å². The summed E-state index contributed by atoms with van der Waals surface area (Å²) in [4.78, 5) is 23.5. The molecule has 2 atom stereocenters. The lowest BCUT2D eigenvalue weighted by atomic mass is 9.82. The van der Waals surface area contributed by atoms with Crippen molar-refractivity contribution in [1.29, 1.82) is 0 Å². The van der Waals surface area contributed by atoms with Gasteiger partial charge in [0.1, 0.15) is 5.60 Å². The second-order valence-corrected chi connectivity index (χ2v) is 7.12. The molecule has 1 aliphatic carbocycles. The smallest absolute Gasteiger partial charge is 0.335 e. The van der Waals surface area contributed by atoms with Crippen LogP contribution in [-0.2, 0) is 9.53 Å². The number of hydrogen-bond acceptors (Lipinski definition) is 3. The summed E-state index contributed by atoms with van der Waals surface area (Å²) >= 11 is 0. The summed E-state index contributed by atoms with van der Waals surface area (Å²) in [5, 5.41) is 9.15. The predicted molar refractivity (Wildman–Crippen MR) is 83.9 cm³/mol. The number of carboxylic acids is 1. The summed E-state index contributed by atoms with van der Waals surface area (Å²) in [5.74, 6) is -0.983. The van der Waals surface area contributed by atoms with Gasteiger partial charge >= 0.3 is 11.9 Å². The molecule has 4 nitrogen and oxygen atoms in total. The normalized spacial score (nSPS) is 17.6. The lowest BCUT2D eigenvalue weighted by Crippen LogP contribution is -2.31. The van der Waals surface area contributed by atoms with Gasteiger partial charge in [0, 0.05) is 0 Å². The van der Waals surface area contributed by atoms with Crippen molar-refractivity contribution in [1.82, 2.24) is 0 Å². The summed E-state index contributed by atoms with van der Waals surface area (Å²) in [6, 6.07) is 6.92. The highest BCUT2D eigenvalue weighted by Crippen LogP contribution is 2.47. The van der Waals surface area contributed by atoms with E-state index in [9.17, 15) is 9.59 Å². The van der Waals surface area contributed by atoms with Crippen LogP contribution < -0.4 is 0 Å². The molecule has 0 bridgehead atoms. The molecule has 0 heterocycles. The molecule has 0 radical (unpaired) electrons. The zero-order valence-electron chi connectivity index (χ0n) is 13.6. The fraction of sp³-hybridized carbons (Fsp3) is 0.556. The summed E-state index contributed by atoms with van der Waals surface area (Å²) in [5.41, 5.74) is 0.669.